The monoisotopic (exact) mass is 248 g/mol. The van der Waals surface area contributed by atoms with Crippen LogP contribution in [0.1, 0.15) is 51.5 Å². The second kappa shape index (κ2) is 12.4. The Morgan fingerprint density at radius 2 is 1.83 bits per heavy atom. The van der Waals surface area contributed by atoms with Gasteiger partial charge in [0, 0.05) is 6.61 Å². The molecule has 0 aliphatic heterocycles. The number of hydrogen-bond acceptors (Lipinski definition) is 1. The van der Waals surface area contributed by atoms with Gasteiger partial charge in [-0.25, -0.2) is 0 Å². The molecule has 0 heterocycles. The van der Waals surface area contributed by atoms with Crippen LogP contribution in [0, 0.1) is 5.92 Å². The van der Waals surface area contributed by atoms with E-state index in [-0.39, 0.29) is 0 Å². The maximum absolute atomic E-state index is 8.67. The maximum Gasteiger partial charge on any atom is 0.0433 e. The second-order valence-corrected chi connectivity index (χ2v) is 4.54. The lowest BCUT2D eigenvalue weighted by Gasteiger charge is -2.11. The lowest BCUT2D eigenvalue weighted by Crippen LogP contribution is -2.01. The third kappa shape index (κ3) is 9.00. The summed E-state index contributed by atoms with van der Waals surface area (Å²) in [6, 6.07) is 10.0. The molecule has 0 saturated carbocycles. The first-order valence-electron chi connectivity index (χ1n) is 7.06. The van der Waals surface area contributed by atoms with E-state index in [1.54, 1.807) is 0 Å². The molecule has 0 aromatic heterocycles. The number of aliphatic hydroxyl groups excluding tert-OH is 1. The molecule has 1 N–H and O–H groups in total. The van der Waals surface area contributed by atoms with Gasteiger partial charge in [0.2, 0.25) is 0 Å². The third-order valence-corrected chi connectivity index (χ3v) is 3.12. The van der Waals surface area contributed by atoms with Crippen LogP contribution in [-0.2, 0) is 0 Å². The predicted molar refractivity (Wildman–Crippen MR) is 81.5 cm³/mol. The molecule has 0 bridgehead atoms. The van der Waals surface area contributed by atoms with Crippen molar-refractivity contribution in [2.24, 2.45) is 5.92 Å². The molecule has 1 heteroatoms. The van der Waals surface area contributed by atoms with Crippen LogP contribution in [0.25, 0.3) is 6.08 Å². The number of unbranched alkanes of at least 4 members (excludes halogenated alkanes) is 1. The van der Waals surface area contributed by atoms with Gasteiger partial charge >= 0.3 is 0 Å². The minimum absolute atomic E-state index is 0.363. The Morgan fingerprint density at radius 1 is 1.17 bits per heavy atom. The van der Waals surface area contributed by atoms with Crippen LogP contribution in [0.3, 0.4) is 0 Å². The number of benzene rings is 1. The zero-order chi connectivity index (χ0) is 13.6. The fourth-order valence-corrected chi connectivity index (χ4v) is 1.82. The summed E-state index contributed by atoms with van der Waals surface area (Å²) in [5.41, 5.74) is 1.17. The molecular formula is C17H28O. The Kier molecular flexibility index (Phi) is 11.6. The summed E-state index contributed by atoms with van der Waals surface area (Å²) < 4.78 is 0. The fourth-order valence-electron chi connectivity index (χ4n) is 1.82. The van der Waals surface area contributed by atoms with Crippen LogP contribution in [-0.4, -0.2) is 11.7 Å². The Morgan fingerprint density at radius 3 is 2.22 bits per heavy atom. The summed E-state index contributed by atoms with van der Waals surface area (Å²) in [6.45, 7) is 8.41. The molecular weight excluding hydrogens is 220 g/mol. The van der Waals surface area contributed by atoms with Crippen molar-refractivity contribution in [1.82, 2.24) is 0 Å². The normalized spacial score (nSPS) is 11.3. The number of aliphatic hydroxyl groups is 1. The minimum Gasteiger partial charge on any atom is -0.396 e. The van der Waals surface area contributed by atoms with Crippen molar-refractivity contribution >= 4 is 6.08 Å². The first-order valence-corrected chi connectivity index (χ1v) is 7.06. The van der Waals surface area contributed by atoms with E-state index in [1.165, 1.54) is 31.2 Å². The van der Waals surface area contributed by atoms with E-state index in [1.807, 2.05) is 36.4 Å². The summed E-state index contributed by atoms with van der Waals surface area (Å²) in [4.78, 5) is 0. The molecule has 102 valence electrons. The van der Waals surface area contributed by atoms with Crippen molar-refractivity contribution < 1.29 is 5.11 Å². The molecule has 0 aliphatic carbocycles. The van der Waals surface area contributed by atoms with Crippen molar-refractivity contribution in [2.45, 2.75) is 46.0 Å². The SMILES string of the molecule is C=Cc1ccccc1.CCCCC(CC)CCO. The van der Waals surface area contributed by atoms with Gasteiger partial charge < -0.3 is 5.11 Å². The van der Waals surface area contributed by atoms with E-state index in [4.69, 9.17) is 5.11 Å². The van der Waals surface area contributed by atoms with Gasteiger partial charge in [0.25, 0.3) is 0 Å². The van der Waals surface area contributed by atoms with Gasteiger partial charge in [-0.15, -0.1) is 0 Å². The van der Waals surface area contributed by atoms with Crippen LogP contribution in [0.15, 0.2) is 36.9 Å². The van der Waals surface area contributed by atoms with Gasteiger partial charge in [0.15, 0.2) is 0 Å². The highest BCUT2D eigenvalue weighted by atomic mass is 16.3. The minimum atomic E-state index is 0.363. The second-order valence-electron chi connectivity index (χ2n) is 4.54. The summed E-state index contributed by atoms with van der Waals surface area (Å²) in [7, 11) is 0. The van der Waals surface area contributed by atoms with E-state index in [0.717, 1.165) is 12.3 Å². The molecule has 1 atom stereocenters. The largest absolute Gasteiger partial charge is 0.396 e. The molecule has 0 fully saturated rings. The van der Waals surface area contributed by atoms with Gasteiger partial charge in [-0.2, -0.15) is 0 Å². The van der Waals surface area contributed by atoms with E-state index >= 15 is 0 Å². The smallest absolute Gasteiger partial charge is 0.0433 e. The topological polar surface area (TPSA) is 20.2 Å². The van der Waals surface area contributed by atoms with Crippen LogP contribution < -0.4 is 0 Å². The predicted octanol–water partition coefficient (Wildman–Crippen LogP) is 4.91. The third-order valence-electron chi connectivity index (χ3n) is 3.12. The van der Waals surface area contributed by atoms with Crippen LogP contribution in [0.5, 0.6) is 0 Å². The maximum atomic E-state index is 8.67. The highest BCUT2D eigenvalue weighted by Gasteiger charge is 2.03. The molecule has 1 aromatic carbocycles. The molecule has 0 aliphatic rings. The van der Waals surface area contributed by atoms with Crippen LogP contribution >= 0.6 is 0 Å². The van der Waals surface area contributed by atoms with Gasteiger partial charge in [0.05, 0.1) is 0 Å². The Hall–Kier alpha value is -1.08. The van der Waals surface area contributed by atoms with Crippen LogP contribution in [0.4, 0.5) is 0 Å². The Labute approximate surface area is 113 Å². The molecule has 0 amide bonds. The van der Waals surface area contributed by atoms with E-state index < -0.39 is 0 Å². The molecule has 0 radical (unpaired) electrons. The Balaban J connectivity index is 0.000000327. The standard InChI is InChI=1S/C9H20O.C8H8/c1-3-5-6-9(4-2)7-8-10;1-2-8-6-4-3-5-7-8/h9-10H,3-8H2,1-2H3;2-7H,1H2. The van der Waals surface area contributed by atoms with E-state index in [9.17, 15) is 0 Å². The van der Waals surface area contributed by atoms with Crippen molar-refractivity contribution in [1.29, 1.82) is 0 Å². The van der Waals surface area contributed by atoms with E-state index in [2.05, 4.69) is 20.4 Å². The molecule has 1 nitrogen and oxygen atoms in total. The van der Waals surface area contributed by atoms with Crippen molar-refractivity contribution in [3.63, 3.8) is 0 Å². The molecule has 0 spiro atoms. The summed E-state index contributed by atoms with van der Waals surface area (Å²) in [5, 5.41) is 8.67. The van der Waals surface area contributed by atoms with Crippen molar-refractivity contribution in [2.75, 3.05) is 6.61 Å². The first kappa shape index (κ1) is 16.9. The molecule has 18 heavy (non-hydrogen) atoms. The first-order chi connectivity index (χ1) is 8.78. The highest BCUT2D eigenvalue weighted by Crippen LogP contribution is 2.15. The van der Waals surface area contributed by atoms with Gasteiger partial charge in [-0.05, 0) is 17.9 Å². The Bertz CT molecular complexity index is 279. The zero-order valence-electron chi connectivity index (χ0n) is 11.9. The van der Waals surface area contributed by atoms with E-state index in [0.29, 0.717) is 6.61 Å². The summed E-state index contributed by atoms with van der Waals surface area (Å²) in [6.07, 6.45) is 7.95. The zero-order valence-corrected chi connectivity index (χ0v) is 11.9. The molecule has 1 aromatic rings. The van der Waals surface area contributed by atoms with Crippen molar-refractivity contribution in [3.8, 4) is 0 Å². The molecule has 1 rings (SSSR count). The quantitative estimate of drug-likeness (QED) is 0.726. The van der Waals surface area contributed by atoms with Gasteiger partial charge in [-0.1, -0.05) is 82.5 Å². The summed E-state index contributed by atoms with van der Waals surface area (Å²) in [5.74, 6) is 0.768. The fraction of sp³-hybridized carbons (Fsp3) is 0.529. The summed E-state index contributed by atoms with van der Waals surface area (Å²) >= 11 is 0. The molecule has 0 saturated heterocycles. The van der Waals surface area contributed by atoms with Crippen LogP contribution in [0.2, 0.25) is 0 Å². The van der Waals surface area contributed by atoms with Crippen molar-refractivity contribution in [3.05, 3.63) is 42.5 Å². The average molecular weight is 248 g/mol. The average Bonchev–Trinajstić information content (AvgIpc) is 2.45. The lowest BCUT2D eigenvalue weighted by atomic mass is 9.96. The lowest BCUT2D eigenvalue weighted by molar-refractivity contribution is 0.247. The van der Waals surface area contributed by atoms with Gasteiger partial charge in [-0.3, -0.25) is 0 Å². The number of hydrogen-bond donors (Lipinski definition) is 1. The van der Waals surface area contributed by atoms with Gasteiger partial charge in [0.1, 0.15) is 0 Å². The number of rotatable bonds is 7. The highest BCUT2D eigenvalue weighted by molar-refractivity contribution is 5.45. The molecule has 1 unspecified atom stereocenters.